The van der Waals surface area contributed by atoms with Gasteiger partial charge in [-0.15, -0.1) is 12.6 Å². The van der Waals surface area contributed by atoms with Crippen LogP contribution < -0.4 is 5.56 Å². The lowest BCUT2D eigenvalue weighted by atomic mass is 10.0. The van der Waals surface area contributed by atoms with E-state index in [-0.39, 0.29) is 5.56 Å². The Hall–Kier alpha value is -2.00. The van der Waals surface area contributed by atoms with Crippen molar-refractivity contribution in [1.29, 1.82) is 0 Å². The first-order valence-corrected chi connectivity index (χ1v) is 6.65. The molecule has 0 unspecified atom stereocenters. The topological polar surface area (TPSA) is 32.9 Å². The Morgan fingerprint density at radius 3 is 2.68 bits per heavy atom. The summed E-state index contributed by atoms with van der Waals surface area (Å²) in [6.45, 7) is 0. The first-order valence-electron chi connectivity index (χ1n) is 6.20. The van der Waals surface area contributed by atoms with Gasteiger partial charge in [0.25, 0.3) is 5.56 Å². The number of hydrogen-bond donors (Lipinski definition) is 2. The third kappa shape index (κ3) is 1.48. The molecule has 1 aliphatic rings. The maximum absolute atomic E-state index is 12.1. The summed E-state index contributed by atoms with van der Waals surface area (Å²) in [4.78, 5) is 16.1. The number of nitrogens with one attached hydrogen (secondary N) is 1. The molecule has 0 aliphatic heterocycles. The van der Waals surface area contributed by atoms with Crippen LogP contribution in [-0.2, 0) is 6.42 Å². The van der Waals surface area contributed by atoms with Gasteiger partial charge in [0.1, 0.15) is 0 Å². The van der Waals surface area contributed by atoms with Gasteiger partial charge in [-0.2, -0.15) is 0 Å². The first-order chi connectivity index (χ1) is 9.24. The molecule has 0 radical (unpaired) electrons. The molecule has 0 saturated heterocycles. The number of fused-ring (bicyclic) bond motifs is 5. The summed E-state index contributed by atoms with van der Waals surface area (Å²) in [7, 11) is 0. The molecule has 19 heavy (non-hydrogen) atoms. The Bertz CT molecular complexity index is 880. The van der Waals surface area contributed by atoms with Crippen molar-refractivity contribution in [2.45, 2.75) is 11.3 Å². The minimum atomic E-state index is -0.0165. The van der Waals surface area contributed by atoms with E-state index in [0.717, 1.165) is 33.3 Å². The van der Waals surface area contributed by atoms with Gasteiger partial charge in [-0.1, -0.05) is 24.3 Å². The van der Waals surface area contributed by atoms with Gasteiger partial charge < -0.3 is 4.98 Å². The van der Waals surface area contributed by atoms with Crippen molar-refractivity contribution < 1.29 is 0 Å². The zero-order valence-electron chi connectivity index (χ0n) is 10.1. The second-order valence-corrected chi connectivity index (χ2v) is 5.39. The van der Waals surface area contributed by atoms with Gasteiger partial charge in [-0.05, 0) is 34.7 Å². The third-order valence-corrected chi connectivity index (χ3v) is 4.04. The summed E-state index contributed by atoms with van der Waals surface area (Å²) < 4.78 is 0. The highest BCUT2D eigenvalue weighted by Crippen LogP contribution is 2.38. The van der Waals surface area contributed by atoms with Crippen LogP contribution in [0.5, 0.6) is 0 Å². The molecule has 4 rings (SSSR count). The van der Waals surface area contributed by atoms with Crippen LogP contribution >= 0.6 is 12.6 Å². The molecule has 3 aromatic rings. The van der Waals surface area contributed by atoms with Gasteiger partial charge in [-0.3, -0.25) is 4.79 Å². The average molecular weight is 265 g/mol. The van der Waals surface area contributed by atoms with Crippen LogP contribution in [0.15, 0.2) is 52.2 Å². The van der Waals surface area contributed by atoms with Crippen LogP contribution in [-0.4, -0.2) is 4.98 Å². The van der Waals surface area contributed by atoms with Crippen molar-refractivity contribution in [2.75, 3.05) is 0 Å². The molecule has 0 saturated carbocycles. The molecule has 1 heterocycles. The Morgan fingerprint density at radius 1 is 1.05 bits per heavy atom. The standard InChI is InChI=1S/C16H11NOS/c18-16-13-4-2-1-3-12(13)14-8-9-7-10(19)5-6-11(9)15(14)17-16/h1-7,19H,8H2,(H,17,18). The van der Waals surface area contributed by atoms with Gasteiger partial charge >= 0.3 is 0 Å². The van der Waals surface area contributed by atoms with Gasteiger partial charge in [0.15, 0.2) is 0 Å². The molecular weight excluding hydrogens is 254 g/mol. The highest BCUT2D eigenvalue weighted by atomic mass is 32.1. The zero-order valence-corrected chi connectivity index (χ0v) is 11.0. The van der Waals surface area contributed by atoms with Gasteiger partial charge in [0, 0.05) is 22.3 Å². The van der Waals surface area contributed by atoms with Crippen LogP contribution in [0.3, 0.4) is 0 Å². The fourth-order valence-corrected chi connectivity index (χ4v) is 3.14. The minimum absolute atomic E-state index is 0.0165. The number of aromatic amines is 1. The van der Waals surface area contributed by atoms with E-state index in [0.29, 0.717) is 0 Å². The summed E-state index contributed by atoms with van der Waals surface area (Å²) in [5.74, 6) is 0. The van der Waals surface area contributed by atoms with Crippen LogP contribution in [0.2, 0.25) is 0 Å². The van der Waals surface area contributed by atoms with Crippen molar-refractivity contribution in [3.8, 4) is 11.3 Å². The molecule has 2 aromatic carbocycles. The number of pyridine rings is 1. The fraction of sp³-hybridized carbons (Fsp3) is 0.0625. The lowest BCUT2D eigenvalue weighted by Gasteiger charge is -2.04. The summed E-state index contributed by atoms with van der Waals surface area (Å²) in [6.07, 6.45) is 0.857. The van der Waals surface area contributed by atoms with Gasteiger partial charge in [0.2, 0.25) is 0 Å². The maximum Gasteiger partial charge on any atom is 0.256 e. The molecule has 0 spiro atoms. The van der Waals surface area contributed by atoms with Crippen molar-refractivity contribution in [3.05, 3.63) is 63.9 Å². The second-order valence-electron chi connectivity index (χ2n) is 4.87. The summed E-state index contributed by atoms with van der Waals surface area (Å²) in [6, 6.07) is 13.9. The number of benzene rings is 2. The first kappa shape index (κ1) is 10.9. The van der Waals surface area contributed by atoms with Gasteiger partial charge in [-0.25, -0.2) is 0 Å². The molecule has 0 bridgehead atoms. The molecule has 3 heteroatoms. The Kier molecular flexibility index (Phi) is 2.15. The number of aromatic nitrogens is 1. The molecular formula is C16H11NOS. The van der Waals surface area contributed by atoms with Crippen LogP contribution in [0, 0.1) is 0 Å². The Balaban J connectivity index is 2.13. The SMILES string of the molecule is O=c1[nH]c2c(c3ccccc13)Cc1cc(S)ccc1-2. The fourth-order valence-electron chi connectivity index (χ4n) is 2.91. The lowest BCUT2D eigenvalue weighted by molar-refractivity contribution is 1.22. The van der Waals surface area contributed by atoms with Crippen LogP contribution in [0.1, 0.15) is 11.1 Å². The van der Waals surface area contributed by atoms with Crippen molar-refractivity contribution in [2.24, 2.45) is 0 Å². The quantitative estimate of drug-likeness (QED) is 0.469. The third-order valence-electron chi connectivity index (χ3n) is 3.76. The molecule has 0 amide bonds. The van der Waals surface area contributed by atoms with Gasteiger partial charge in [0.05, 0.1) is 5.69 Å². The number of thiol groups is 1. The van der Waals surface area contributed by atoms with E-state index < -0.39 is 0 Å². The highest BCUT2D eigenvalue weighted by molar-refractivity contribution is 7.80. The molecule has 0 atom stereocenters. The predicted molar refractivity (Wildman–Crippen MR) is 80.1 cm³/mol. The Morgan fingerprint density at radius 2 is 1.84 bits per heavy atom. The van der Waals surface area contributed by atoms with E-state index in [1.165, 1.54) is 11.1 Å². The summed E-state index contributed by atoms with van der Waals surface area (Å²) in [5, 5.41) is 1.82. The summed E-state index contributed by atoms with van der Waals surface area (Å²) >= 11 is 4.38. The van der Waals surface area contributed by atoms with Crippen molar-refractivity contribution in [1.82, 2.24) is 4.98 Å². The number of rotatable bonds is 0. The van der Waals surface area contributed by atoms with Crippen LogP contribution in [0.25, 0.3) is 22.0 Å². The number of H-pyrrole nitrogens is 1. The van der Waals surface area contributed by atoms with Crippen molar-refractivity contribution >= 4 is 23.4 Å². The number of hydrogen-bond acceptors (Lipinski definition) is 2. The molecule has 2 nitrogen and oxygen atoms in total. The van der Waals surface area contributed by atoms with E-state index in [1.54, 1.807) is 0 Å². The smallest absolute Gasteiger partial charge is 0.256 e. The molecule has 1 aliphatic carbocycles. The Labute approximate surface area is 115 Å². The van der Waals surface area contributed by atoms with E-state index in [1.807, 2.05) is 36.4 Å². The summed E-state index contributed by atoms with van der Waals surface area (Å²) in [5.41, 5.74) is 4.51. The molecule has 92 valence electrons. The molecule has 1 N–H and O–H groups in total. The second kappa shape index (κ2) is 3.75. The normalized spacial score (nSPS) is 12.5. The molecule has 0 fully saturated rings. The van der Waals surface area contributed by atoms with E-state index in [4.69, 9.17) is 0 Å². The largest absolute Gasteiger partial charge is 0.321 e. The van der Waals surface area contributed by atoms with E-state index in [9.17, 15) is 4.79 Å². The monoisotopic (exact) mass is 265 g/mol. The van der Waals surface area contributed by atoms with Crippen molar-refractivity contribution in [3.63, 3.8) is 0 Å². The lowest BCUT2D eigenvalue weighted by Crippen LogP contribution is -2.08. The highest BCUT2D eigenvalue weighted by Gasteiger charge is 2.22. The van der Waals surface area contributed by atoms with Crippen LogP contribution in [0.4, 0.5) is 0 Å². The minimum Gasteiger partial charge on any atom is -0.321 e. The maximum atomic E-state index is 12.1. The molecule has 1 aromatic heterocycles. The van der Waals surface area contributed by atoms with E-state index in [2.05, 4.69) is 23.7 Å². The zero-order chi connectivity index (χ0) is 13.0. The van der Waals surface area contributed by atoms with E-state index >= 15 is 0 Å². The predicted octanol–water partition coefficient (Wildman–Crippen LogP) is 3.39. The average Bonchev–Trinajstić information content (AvgIpc) is 2.77.